The molecule has 0 radical (unpaired) electrons. The van der Waals surface area contributed by atoms with Gasteiger partial charge in [0.05, 0.1) is 64.1 Å². The van der Waals surface area contributed by atoms with E-state index in [9.17, 15) is 0 Å². The minimum absolute atomic E-state index is 0.188. The van der Waals surface area contributed by atoms with Gasteiger partial charge in [0.25, 0.3) is 0 Å². The summed E-state index contributed by atoms with van der Waals surface area (Å²) in [5.41, 5.74) is 5.45. The van der Waals surface area contributed by atoms with Crippen LogP contribution in [0.4, 0.5) is 0 Å². The summed E-state index contributed by atoms with van der Waals surface area (Å²) in [4.78, 5) is 2.62. The van der Waals surface area contributed by atoms with Crippen molar-refractivity contribution in [3.63, 3.8) is 0 Å². The van der Waals surface area contributed by atoms with Crippen LogP contribution in [-0.4, -0.2) is 115 Å². The van der Waals surface area contributed by atoms with Crippen molar-refractivity contribution in [3.8, 4) is 0 Å². The van der Waals surface area contributed by atoms with Gasteiger partial charge in [0.15, 0.2) is 0 Å². The number of nitrogens with zero attached hydrogens (tertiary/aromatic N) is 1. The summed E-state index contributed by atoms with van der Waals surface area (Å²) in [6, 6.07) is 0. The molecule has 8 heteroatoms. The number of fused-ring (bicyclic) bond motifs is 10. The first-order valence-corrected chi connectivity index (χ1v) is 54.9. The van der Waals surface area contributed by atoms with Gasteiger partial charge in [-0.3, -0.25) is 0 Å². The van der Waals surface area contributed by atoms with E-state index < -0.39 is 0 Å². The number of piperidine rings is 1. The standard InChI is InChI=1S/C58H102O4.C57H101NO3/c1-7-8-9-10-11-12-13-14-15-16-17-18-19-20-21-25-39-60-46-52(44-49-29-23-22-24-30-49)62-43-41-59-40-42-61-51-35-37-57(5)50(45-51)31-32-53-55-34-33-54(48(4)28-26-27-47(2)3)58(55,6)38-36-56(53)57;1-7-8-9-10-11-12-13-14-15-16-17-18-19-20-21-25-41-59-46-51(45-58-39-23-22-24-40-58)61-43-27-26-42-60-50-35-37-56(5)49(44-50)31-32-52-54-34-33-53(48(4)30-28-29-47(2)3)57(54,6)38-36-55(52)56/h11-12,14-15,31,47-49,51-56H,7-10,13,16-30,32-46H2,1-6H3;11-12,14-15,31,47-48,50-55H,7-10,13,16-30,32-46H2,1-6H3/b2*12-11-,15-14-/t48-,51+,52?,53?,54-,55?,56?,57+,58-;48-,50+,51?,52?,53-,54?,55?,56+,57-/m11/s1. The largest absolute Gasteiger partial charge is 0.379 e. The molecule has 0 aromatic heterocycles. The molecule has 0 N–H and O–H groups in total. The zero-order valence-electron chi connectivity index (χ0n) is 83.4. The van der Waals surface area contributed by atoms with E-state index in [1.165, 1.54) is 341 Å². The number of likely N-dealkylation sites (tertiary alicyclic amines) is 1. The predicted molar refractivity (Wildman–Crippen MR) is 527 cm³/mol. The van der Waals surface area contributed by atoms with Crippen LogP contribution in [0.15, 0.2) is 71.9 Å². The van der Waals surface area contributed by atoms with Gasteiger partial charge in [-0.1, -0.05) is 309 Å². The molecule has 8 fully saturated rings. The Labute approximate surface area is 763 Å². The van der Waals surface area contributed by atoms with E-state index in [0.717, 1.165) is 162 Å². The van der Waals surface area contributed by atoms with Crippen LogP contribution < -0.4 is 0 Å². The molecule has 8 unspecified atom stereocenters. The first-order chi connectivity index (χ1) is 60.0. The van der Waals surface area contributed by atoms with Crippen molar-refractivity contribution in [2.75, 3.05) is 85.7 Å². The Morgan fingerprint density at radius 1 is 0.374 bits per heavy atom. The van der Waals surface area contributed by atoms with Crippen molar-refractivity contribution in [2.45, 2.75) is 473 Å². The molecular formula is C115H203NO7. The molecular weight excluding hydrogens is 1510 g/mol. The second kappa shape index (κ2) is 59.6. The summed E-state index contributed by atoms with van der Waals surface area (Å²) >= 11 is 0. The van der Waals surface area contributed by atoms with Gasteiger partial charge in [0, 0.05) is 33.0 Å². The highest BCUT2D eigenvalue weighted by atomic mass is 16.6. The van der Waals surface area contributed by atoms with E-state index in [2.05, 4.69) is 149 Å². The average Bonchev–Trinajstić information content (AvgIpc) is 1.66. The lowest BCUT2D eigenvalue weighted by atomic mass is 9.47. The molecule has 0 aromatic carbocycles. The molecule has 1 heterocycles. The van der Waals surface area contributed by atoms with Crippen LogP contribution in [0.3, 0.4) is 0 Å². The van der Waals surface area contributed by atoms with Crippen LogP contribution in [-0.2, 0) is 33.2 Å². The van der Waals surface area contributed by atoms with E-state index in [1.54, 1.807) is 11.1 Å². The van der Waals surface area contributed by atoms with E-state index in [4.69, 9.17) is 33.2 Å². The lowest BCUT2D eigenvalue weighted by molar-refractivity contribution is -0.0732. The van der Waals surface area contributed by atoms with Gasteiger partial charge in [-0.2, -0.15) is 0 Å². The number of unbranched alkanes of at least 4 members (excludes halogenated alkanes) is 19. The number of allylic oxidation sites excluding steroid dienone is 10. The molecule has 1 aliphatic heterocycles. The van der Waals surface area contributed by atoms with Crippen LogP contribution in [0.1, 0.15) is 449 Å². The molecule has 9 aliphatic carbocycles. The highest BCUT2D eigenvalue weighted by Crippen LogP contribution is 2.69. The summed E-state index contributed by atoms with van der Waals surface area (Å²) in [6.07, 6.45) is 101. The number of ether oxygens (including phenoxy) is 7. The molecule has 123 heavy (non-hydrogen) atoms. The quantitative estimate of drug-likeness (QED) is 0.0441. The van der Waals surface area contributed by atoms with Crippen LogP contribution >= 0.6 is 0 Å². The van der Waals surface area contributed by atoms with Gasteiger partial charge in [0.1, 0.15) is 0 Å². The molecule has 0 spiro atoms. The Morgan fingerprint density at radius 3 is 1.30 bits per heavy atom. The molecule has 8 nitrogen and oxygen atoms in total. The highest BCUT2D eigenvalue weighted by molar-refractivity contribution is 5.27. The maximum absolute atomic E-state index is 6.65. The second-order valence-corrected chi connectivity index (χ2v) is 44.8. The Bertz CT molecular complexity index is 2900. The van der Waals surface area contributed by atoms with Gasteiger partial charge in [-0.15, -0.1) is 0 Å². The van der Waals surface area contributed by atoms with Crippen molar-refractivity contribution in [3.05, 3.63) is 71.9 Å². The molecule has 10 rings (SSSR count). The minimum Gasteiger partial charge on any atom is -0.379 e. The summed E-state index contributed by atoms with van der Waals surface area (Å²) in [5, 5.41) is 0. The first-order valence-electron chi connectivity index (χ1n) is 54.9. The minimum atomic E-state index is 0.188. The third-order valence-electron chi connectivity index (χ3n) is 34.7. The fourth-order valence-corrected chi connectivity index (χ4v) is 27.3. The monoisotopic (exact) mass is 1710 g/mol. The van der Waals surface area contributed by atoms with Crippen molar-refractivity contribution < 1.29 is 33.2 Å². The topological polar surface area (TPSA) is 67.9 Å². The van der Waals surface area contributed by atoms with Crippen molar-refractivity contribution in [1.29, 1.82) is 0 Å². The third-order valence-corrected chi connectivity index (χ3v) is 34.7. The second-order valence-electron chi connectivity index (χ2n) is 44.8. The Kier molecular flexibility index (Phi) is 50.8. The van der Waals surface area contributed by atoms with E-state index in [0.29, 0.717) is 60.3 Å². The van der Waals surface area contributed by atoms with E-state index in [1.807, 2.05) is 0 Å². The molecule has 1 saturated heterocycles. The van der Waals surface area contributed by atoms with Crippen LogP contribution in [0.5, 0.6) is 0 Å². The fourth-order valence-electron chi connectivity index (χ4n) is 27.3. The van der Waals surface area contributed by atoms with Crippen molar-refractivity contribution in [2.24, 2.45) is 98.6 Å². The van der Waals surface area contributed by atoms with Crippen molar-refractivity contribution >= 4 is 0 Å². The fraction of sp³-hybridized carbons (Fsp3) is 0.896. The zero-order valence-corrected chi connectivity index (χ0v) is 83.4. The average molecular weight is 1710 g/mol. The maximum atomic E-state index is 6.65. The predicted octanol–water partition coefficient (Wildman–Crippen LogP) is 32.5. The molecule has 18 atom stereocenters. The molecule has 0 amide bonds. The summed E-state index contributed by atoms with van der Waals surface area (Å²) in [5.74, 6) is 11.6. The van der Waals surface area contributed by atoms with Crippen LogP contribution in [0.25, 0.3) is 0 Å². The Balaban J connectivity index is 0.000000279. The third kappa shape index (κ3) is 35.6. The lowest BCUT2D eigenvalue weighted by Gasteiger charge is -2.58. The van der Waals surface area contributed by atoms with Crippen LogP contribution in [0.2, 0.25) is 0 Å². The molecule has 0 aromatic rings. The Hall–Kier alpha value is -1.88. The van der Waals surface area contributed by atoms with Gasteiger partial charge in [-0.05, 0) is 324 Å². The van der Waals surface area contributed by atoms with Crippen LogP contribution in [0, 0.1) is 98.6 Å². The molecule has 10 aliphatic rings. The first kappa shape index (κ1) is 105. The molecule has 7 saturated carbocycles. The SMILES string of the molecule is CCCCC/C=C\C/C=C\CCCCCCCCOCC(CC1CCCCC1)OCCOCCO[C@H]1CC[C@@]2(C)C(=CCC3C2CC[C@@]2(C)C3CC[C@@H]2[C@H](C)CCCC(C)C)C1.CCCCC/C=C\C/C=C\CCCCCCCCOCC(CN1CCCCC1)OCCCCO[C@H]1CC[C@@]2(C)C(=CCC3C2CC[C@@]2(C)C3CC[C@@H]2[C@H](C)CCCC(C)C)C1. The Morgan fingerprint density at radius 2 is 0.805 bits per heavy atom. The van der Waals surface area contributed by atoms with E-state index in [-0.39, 0.29) is 12.2 Å². The van der Waals surface area contributed by atoms with Crippen molar-refractivity contribution in [1.82, 2.24) is 4.90 Å². The smallest absolute Gasteiger partial charge is 0.0934 e. The van der Waals surface area contributed by atoms with Gasteiger partial charge in [-0.25, -0.2) is 0 Å². The van der Waals surface area contributed by atoms with Gasteiger partial charge < -0.3 is 38.1 Å². The van der Waals surface area contributed by atoms with Gasteiger partial charge in [0.2, 0.25) is 0 Å². The summed E-state index contributed by atoms with van der Waals surface area (Å²) < 4.78 is 44.8. The normalized spacial score (nSPS) is 30.3. The molecule has 710 valence electrons. The number of rotatable bonds is 63. The van der Waals surface area contributed by atoms with Gasteiger partial charge >= 0.3 is 0 Å². The number of hydrogen-bond donors (Lipinski definition) is 0. The highest BCUT2D eigenvalue weighted by Gasteiger charge is 2.61. The maximum Gasteiger partial charge on any atom is 0.0934 e. The molecule has 0 bridgehead atoms. The number of hydrogen-bond acceptors (Lipinski definition) is 8. The lowest BCUT2D eigenvalue weighted by Crippen LogP contribution is -2.51. The zero-order chi connectivity index (χ0) is 87.1. The summed E-state index contributed by atoms with van der Waals surface area (Å²) in [7, 11) is 0. The van der Waals surface area contributed by atoms with E-state index >= 15 is 0 Å². The summed E-state index contributed by atoms with van der Waals surface area (Å²) in [6.45, 7) is 41.2.